The molecule has 2 aromatic carbocycles. The van der Waals surface area contributed by atoms with Gasteiger partial charge < -0.3 is 5.11 Å². The van der Waals surface area contributed by atoms with E-state index >= 15 is 0 Å². The summed E-state index contributed by atoms with van der Waals surface area (Å²) >= 11 is 3.34. The van der Waals surface area contributed by atoms with E-state index in [1.165, 1.54) is 17.7 Å². The molecule has 0 bridgehead atoms. The van der Waals surface area contributed by atoms with Gasteiger partial charge in [0.05, 0.1) is 5.60 Å². The number of halogens is 2. The van der Waals surface area contributed by atoms with Crippen LogP contribution in [-0.2, 0) is 18.4 Å². The molecule has 0 aliphatic rings. The van der Waals surface area contributed by atoms with Crippen molar-refractivity contribution < 1.29 is 9.50 Å². The summed E-state index contributed by atoms with van der Waals surface area (Å²) in [5.74, 6) is -0.285. The Labute approximate surface area is 127 Å². The lowest BCUT2D eigenvalue weighted by Gasteiger charge is -2.25. The Bertz CT molecular complexity index is 590. The van der Waals surface area contributed by atoms with Crippen molar-refractivity contribution in [2.45, 2.75) is 32.3 Å². The molecule has 106 valence electrons. The van der Waals surface area contributed by atoms with Crippen LogP contribution >= 0.6 is 15.9 Å². The van der Waals surface area contributed by atoms with Crippen molar-refractivity contribution in [3.05, 3.63) is 69.4 Å². The van der Waals surface area contributed by atoms with Gasteiger partial charge in [0, 0.05) is 10.9 Å². The highest BCUT2D eigenvalue weighted by Crippen LogP contribution is 2.29. The second kappa shape index (κ2) is 6.06. The first-order chi connectivity index (χ1) is 9.42. The predicted molar refractivity (Wildman–Crippen MR) is 83.2 cm³/mol. The van der Waals surface area contributed by atoms with Crippen LogP contribution in [0.2, 0.25) is 0 Å². The van der Waals surface area contributed by atoms with Gasteiger partial charge in [0.25, 0.3) is 0 Å². The Hall–Kier alpha value is -1.19. The Balaban J connectivity index is 2.25. The highest BCUT2D eigenvalue weighted by Gasteiger charge is 2.24. The zero-order valence-corrected chi connectivity index (χ0v) is 13.2. The van der Waals surface area contributed by atoms with Gasteiger partial charge in [0.15, 0.2) is 0 Å². The van der Waals surface area contributed by atoms with Gasteiger partial charge in [-0.15, -0.1) is 0 Å². The molecule has 0 amide bonds. The molecule has 1 nitrogen and oxygen atoms in total. The molecule has 0 saturated carbocycles. The Kier molecular flexibility index (Phi) is 4.61. The number of hydrogen-bond donors (Lipinski definition) is 1. The van der Waals surface area contributed by atoms with E-state index < -0.39 is 5.60 Å². The molecule has 3 heteroatoms. The van der Waals surface area contributed by atoms with Crippen molar-refractivity contribution >= 4 is 15.9 Å². The van der Waals surface area contributed by atoms with Gasteiger partial charge in [-0.3, -0.25) is 0 Å². The average Bonchev–Trinajstić information content (AvgIpc) is 2.42. The zero-order valence-electron chi connectivity index (χ0n) is 11.7. The van der Waals surface area contributed by atoms with Gasteiger partial charge in [-0.1, -0.05) is 53.2 Å². The second-order valence-electron chi connectivity index (χ2n) is 5.24. The first kappa shape index (κ1) is 15.2. The number of aryl methyl sites for hydroxylation is 1. The van der Waals surface area contributed by atoms with E-state index in [0.717, 1.165) is 17.5 Å². The molecule has 2 aromatic rings. The van der Waals surface area contributed by atoms with Crippen LogP contribution in [0, 0.1) is 5.82 Å². The fourth-order valence-electron chi connectivity index (χ4n) is 2.24. The van der Waals surface area contributed by atoms with Crippen LogP contribution in [-0.4, -0.2) is 5.11 Å². The van der Waals surface area contributed by atoms with E-state index in [2.05, 4.69) is 22.9 Å². The first-order valence-corrected chi connectivity index (χ1v) is 7.47. The van der Waals surface area contributed by atoms with E-state index in [9.17, 15) is 9.50 Å². The maximum atomic E-state index is 13.1. The molecule has 0 heterocycles. The molecule has 0 aliphatic heterocycles. The van der Waals surface area contributed by atoms with Gasteiger partial charge >= 0.3 is 0 Å². The zero-order chi connectivity index (χ0) is 14.8. The summed E-state index contributed by atoms with van der Waals surface area (Å²) in [6.07, 6.45) is 1.41. The van der Waals surface area contributed by atoms with Gasteiger partial charge in [-0.05, 0) is 42.2 Å². The third kappa shape index (κ3) is 3.47. The van der Waals surface area contributed by atoms with Crippen molar-refractivity contribution in [1.29, 1.82) is 0 Å². The van der Waals surface area contributed by atoms with Crippen LogP contribution in [0.4, 0.5) is 4.39 Å². The molecule has 1 unspecified atom stereocenters. The molecular weight excluding hydrogens is 319 g/mol. The standard InChI is InChI=1S/C17H18BrFO/c1-3-12-4-7-14(8-5-12)17(2,20)11-13-6-9-15(19)10-16(13)18/h4-10,20H,3,11H2,1-2H3. The molecule has 0 spiro atoms. The lowest BCUT2D eigenvalue weighted by atomic mass is 9.88. The highest BCUT2D eigenvalue weighted by molar-refractivity contribution is 9.10. The minimum atomic E-state index is -0.980. The van der Waals surface area contributed by atoms with Crippen molar-refractivity contribution in [1.82, 2.24) is 0 Å². The Morgan fingerprint density at radius 2 is 1.80 bits per heavy atom. The normalized spacial score (nSPS) is 14.1. The van der Waals surface area contributed by atoms with Crippen LogP contribution in [0.25, 0.3) is 0 Å². The number of aliphatic hydroxyl groups is 1. The summed E-state index contributed by atoms with van der Waals surface area (Å²) in [5.41, 5.74) is 2.02. The van der Waals surface area contributed by atoms with E-state index in [4.69, 9.17) is 0 Å². The van der Waals surface area contributed by atoms with Crippen molar-refractivity contribution in [3.63, 3.8) is 0 Å². The van der Waals surface area contributed by atoms with Crippen LogP contribution in [0.3, 0.4) is 0 Å². The molecule has 1 atom stereocenters. The summed E-state index contributed by atoms with van der Waals surface area (Å²) in [5, 5.41) is 10.7. The first-order valence-electron chi connectivity index (χ1n) is 6.68. The molecule has 0 radical (unpaired) electrons. The molecular formula is C17H18BrFO. The fourth-order valence-corrected chi connectivity index (χ4v) is 2.73. The third-order valence-electron chi connectivity index (χ3n) is 3.53. The monoisotopic (exact) mass is 336 g/mol. The maximum absolute atomic E-state index is 13.1. The lowest BCUT2D eigenvalue weighted by molar-refractivity contribution is 0.0574. The highest BCUT2D eigenvalue weighted by atomic mass is 79.9. The molecule has 0 fully saturated rings. The van der Waals surface area contributed by atoms with Crippen molar-refractivity contribution in [2.24, 2.45) is 0 Å². The van der Waals surface area contributed by atoms with Gasteiger partial charge in [0.1, 0.15) is 5.82 Å². The van der Waals surface area contributed by atoms with Crippen LogP contribution < -0.4 is 0 Å². The molecule has 2 rings (SSSR count). The third-order valence-corrected chi connectivity index (χ3v) is 4.27. The summed E-state index contributed by atoms with van der Waals surface area (Å²) in [4.78, 5) is 0. The summed E-state index contributed by atoms with van der Waals surface area (Å²) < 4.78 is 13.8. The molecule has 1 N–H and O–H groups in total. The fraction of sp³-hybridized carbons (Fsp3) is 0.294. The number of benzene rings is 2. The van der Waals surface area contributed by atoms with E-state index in [1.54, 1.807) is 13.0 Å². The molecule has 0 saturated heterocycles. The number of hydrogen-bond acceptors (Lipinski definition) is 1. The van der Waals surface area contributed by atoms with Crippen LogP contribution in [0.5, 0.6) is 0 Å². The van der Waals surface area contributed by atoms with Gasteiger partial charge in [0.2, 0.25) is 0 Å². The summed E-state index contributed by atoms with van der Waals surface area (Å²) in [6.45, 7) is 3.88. The SMILES string of the molecule is CCc1ccc(C(C)(O)Cc2ccc(F)cc2Br)cc1. The quantitative estimate of drug-likeness (QED) is 0.864. The topological polar surface area (TPSA) is 20.2 Å². The smallest absolute Gasteiger partial charge is 0.124 e. The number of rotatable bonds is 4. The molecule has 20 heavy (non-hydrogen) atoms. The molecule has 0 aromatic heterocycles. The minimum Gasteiger partial charge on any atom is -0.385 e. The Morgan fingerprint density at radius 3 is 2.35 bits per heavy atom. The van der Waals surface area contributed by atoms with E-state index in [1.807, 2.05) is 24.3 Å². The largest absolute Gasteiger partial charge is 0.385 e. The van der Waals surface area contributed by atoms with E-state index in [0.29, 0.717) is 10.9 Å². The van der Waals surface area contributed by atoms with E-state index in [-0.39, 0.29) is 5.82 Å². The lowest BCUT2D eigenvalue weighted by Crippen LogP contribution is -2.24. The average molecular weight is 337 g/mol. The Morgan fingerprint density at radius 1 is 1.15 bits per heavy atom. The van der Waals surface area contributed by atoms with Gasteiger partial charge in [-0.2, -0.15) is 0 Å². The summed E-state index contributed by atoms with van der Waals surface area (Å²) in [7, 11) is 0. The van der Waals surface area contributed by atoms with Gasteiger partial charge in [-0.25, -0.2) is 4.39 Å². The summed E-state index contributed by atoms with van der Waals surface area (Å²) in [6, 6.07) is 12.5. The van der Waals surface area contributed by atoms with Crippen LogP contribution in [0.1, 0.15) is 30.5 Å². The maximum Gasteiger partial charge on any atom is 0.124 e. The predicted octanol–water partition coefficient (Wildman–Crippen LogP) is 4.60. The van der Waals surface area contributed by atoms with Crippen LogP contribution in [0.15, 0.2) is 46.9 Å². The van der Waals surface area contributed by atoms with Crippen molar-refractivity contribution in [3.8, 4) is 0 Å². The molecule has 0 aliphatic carbocycles. The minimum absolute atomic E-state index is 0.285. The van der Waals surface area contributed by atoms with Crippen molar-refractivity contribution in [2.75, 3.05) is 0 Å². The second-order valence-corrected chi connectivity index (χ2v) is 6.09.